The summed E-state index contributed by atoms with van der Waals surface area (Å²) in [6, 6.07) is 4.60. The Balaban J connectivity index is 3.09. The molecule has 0 aromatic carbocycles. The van der Waals surface area contributed by atoms with Crippen LogP contribution in [-0.2, 0) is 10.8 Å². The van der Waals surface area contributed by atoms with Crippen molar-refractivity contribution < 1.29 is 0 Å². The molecule has 27 heavy (non-hydrogen) atoms. The molecule has 0 saturated heterocycles. The summed E-state index contributed by atoms with van der Waals surface area (Å²) in [5.74, 6) is 0. The van der Waals surface area contributed by atoms with E-state index < -0.39 is 8.09 Å². The predicted molar refractivity (Wildman–Crippen MR) is 134 cm³/mol. The molecule has 158 valence electrons. The summed E-state index contributed by atoms with van der Waals surface area (Å²) in [6.07, 6.45) is 11.4. The van der Waals surface area contributed by atoms with Gasteiger partial charge in [0, 0.05) is 22.1 Å². The number of hydrogen-bond acceptors (Lipinski definition) is 3. The van der Waals surface area contributed by atoms with Crippen molar-refractivity contribution in [2.24, 2.45) is 5.41 Å². The number of aromatic nitrogens is 1. The standard InChI is InChI=1S/C23H43NS3/c1-20(2,3)16-21(4,5)18-13-14-19(24-15-18)22(6,7)17-23(8,9)27(12,25-10)26-11/h13-15H,16-17H2,1-12H3. The molecule has 0 radical (unpaired) electrons. The van der Waals surface area contributed by atoms with Crippen LogP contribution in [0.1, 0.15) is 86.4 Å². The van der Waals surface area contributed by atoms with Crippen LogP contribution in [0.25, 0.3) is 0 Å². The van der Waals surface area contributed by atoms with Crippen molar-refractivity contribution in [2.45, 2.75) is 90.7 Å². The van der Waals surface area contributed by atoms with Crippen molar-refractivity contribution >= 4 is 29.7 Å². The molecule has 0 unspecified atom stereocenters. The van der Waals surface area contributed by atoms with Crippen LogP contribution in [0.15, 0.2) is 18.3 Å². The van der Waals surface area contributed by atoms with Gasteiger partial charge in [0.1, 0.15) is 0 Å². The zero-order chi connectivity index (χ0) is 21.3. The van der Waals surface area contributed by atoms with Crippen LogP contribution >= 0.6 is 29.7 Å². The molecule has 0 aliphatic heterocycles. The lowest BCUT2D eigenvalue weighted by molar-refractivity contribution is 0.283. The molecule has 0 N–H and O–H groups in total. The molecule has 0 atom stereocenters. The molecule has 0 bridgehead atoms. The van der Waals surface area contributed by atoms with Gasteiger partial charge in [0.2, 0.25) is 0 Å². The molecular formula is C23H43NS3. The molecular weight excluding hydrogens is 386 g/mol. The van der Waals surface area contributed by atoms with Gasteiger partial charge in [0.05, 0.1) is 0 Å². The lowest BCUT2D eigenvalue weighted by atomic mass is 9.72. The molecule has 0 spiro atoms. The molecule has 1 aromatic heterocycles. The average Bonchev–Trinajstić information content (AvgIpc) is 2.50. The van der Waals surface area contributed by atoms with E-state index in [2.05, 4.69) is 121 Å². The Hall–Kier alpha value is 0.200. The molecule has 1 heterocycles. The van der Waals surface area contributed by atoms with Crippen LogP contribution in [0.5, 0.6) is 0 Å². The predicted octanol–water partition coefficient (Wildman–Crippen LogP) is 8.23. The van der Waals surface area contributed by atoms with Gasteiger partial charge in [-0.25, -0.2) is 0 Å². The zero-order valence-electron chi connectivity index (χ0n) is 19.8. The van der Waals surface area contributed by atoms with Crippen LogP contribution in [0, 0.1) is 5.41 Å². The van der Waals surface area contributed by atoms with Gasteiger partial charge < -0.3 is 0 Å². The van der Waals surface area contributed by atoms with Crippen molar-refractivity contribution in [1.82, 2.24) is 4.98 Å². The first-order valence-corrected chi connectivity index (χ1v) is 15.4. The fourth-order valence-electron chi connectivity index (χ4n) is 4.43. The van der Waals surface area contributed by atoms with Gasteiger partial charge in [-0.1, -0.05) is 68.4 Å². The van der Waals surface area contributed by atoms with Gasteiger partial charge in [-0.05, 0) is 54.1 Å². The van der Waals surface area contributed by atoms with Crippen LogP contribution in [0.4, 0.5) is 0 Å². The summed E-state index contributed by atoms with van der Waals surface area (Å²) < 4.78 is 0.279. The molecule has 0 saturated carbocycles. The van der Waals surface area contributed by atoms with Crippen molar-refractivity contribution in [2.75, 3.05) is 18.8 Å². The van der Waals surface area contributed by atoms with E-state index in [0.29, 0.717) is 5.41 Å². The molecule has 1 nitrogen and oxygen atoms in total. The van der Waals surface area contributed by atoms with Crippen LogP contribution < -0.4 is 0 Å². The van der Waals surface area contributed by atoms with E-state index in [-0.39, 0.29) is 15.6 Å². The fraction of sp³-hybridized carbons (Fsp3) is 0.783. The highest BCUT2D eigenvalue weighted by atomic mass is 33.6. The van der Waals surface area contributed by atoms with Crippen LogP contribution in [0.3, 0.4) is 0 Å². The lowest BCUT2D eigenvalue weighted by Gasteiger charge is -2.49. The Bertz CT molecular complexity index is 606. The van der Waals surface area contributed by atoms with E-state index in [1.54, 1.807) is 0 Å². The number of hydrogen-bond donors (Lipinski definition) is 0. The highest BCUT2D eigenvalue weighted by Gasteiger charge is 2.41. The highest BCUT2D eigenvalue weighted by Crippen LogP contribution is 2.74. The summed E-state index contributed by atoms with van der Waals surface area (Å²) in [5.41, 5.74) is 3.09. The second-order valence-electron chi connectivity index (χ2n) is 11.0. The fourth-order valence-corrected chi connectivity index (χ4v) is 10.8. The van der Waals surface area contributed by atoms with Crippen molar-refractivity contribution in [3.8, 4) is 0 Å². The first-order valence-electron chi connectivity index (χ1n) is 9.86. The molecule has 1 aromatic rings. The maximum absolute atomic E-state index is 4.96. The van der Waals surface area contributed by atoms with E-state index in [0.717, 1.165) is 12.8 Å². The third-order valence-corrected chi connectivity index (χ3v) is 18.1. The Labute approximate surface area is 178 Å². The van der Waals surface area contributed by atoms with E-state index in [1.807, 2.05) is 0 Å². The quantitative estimate of drug-likeness (QED) is 0.386. The highest BCUT2D eigenvalue weighted by molar-refractivity contribution is 9.25. The first kappa shape index (κ1) is 25.2. The van der Waals surface area contributed by atoms with Gasteiger partial charge in [-0.3, -0.25) is 4.98 Å². The molecule has 0 aliphatic rings. The lowest BCUT2D eigenvalue weighted by Crippen LogP contribution is -2.34. The summed E-state index contributed by atoms with van der Waals surface area (Å²) in [6.45, 7) is 21.2. The van der Waals surface area contributed by atoms with Crippen LogP contribution in [0.2, 0.25) is 0 Å². The number of nitrogens with zero attached hydrogens (tertiary/aromatic N) is 1. The minimum Gasteiger partial charge on any atom is -0.260 e. The zero-order valence-corrected chi connectivity index (χ0v) is 22.3. The van der Waals surface area contributed by atoms with Crippen LogP contribution in [-0.4, -0.2) is 28.5 Å². The Morgan fingerprint density at radius 1 is 0.815 bits per heavy atom. The van der Waals surface area contributed by atoms with Gasteiger partial charge in [-0.2, -0.15) is 0 Å². The van der Waals surface area contributed by atoms with E-state index in [1.165, 1.54) is 11.3 Å². The molecule has 1 rings (SSSR count). The molecule has 0 amide bonds. The minimum absolute atomic E-state index is 0.0654. The first-order chi connectivity index (χ1) is 12.0. The summed E-state index contributed by atoms with van der Waals surface area (Å²) in [7, 11) is 3.32. The van der Waals surface area contributed by atoms with E-state index in [9.17, 15) is 0 Å². The van der Waals surface area contributed by atoms with E-state index in [4.69, 9.17) is 4.98 Å². The SMILES string of the molecule is CSS(C)(SC)C(C)(C)CC(C)(C)c1ccc(C(C)(C)CC(C)(C)C)cn1. The van der Waals surface area contributed by atoms with Crippen molar-refractivity contribution in [3.63, 3.8) is 0 Å². The maximum Gasteiger partial charge on any atom is 0.0460 e. The number of pyridine rings is 1. The summed E-state index contributed by atoms with van der Waals surface area (Å²) in [4.78, 5) is 4.96. The Kier molecular flexibility index (Phi) is 7.96. The van der Waals surface area contributed by atoms with Gasteiger partial charge in [0.25, 0.3) is 0 Å². The topological polar surface area (TPSA) is 12.9 Å². The van der Waals surface area contributed by atoms with Gasteiger partial charge >= 0.3 is 0 Å². The smallest absolute Gasteiger partial charge is 0.0460 e. The molecule has 4 heteroatoms. The summed E-state index contributed by atoms with van der Waals surface area (Å²) >= 11 is 0. The third kappa shape index (κ3) is 6.34. The van der Waals surface area contributed by atoms with Gasteiger partial charge in [-0.15, -0.1) is 29.7 Å². The maximum atomic E-state index is 4.96. The number of rotatable bonds is 8. The second-order valence-corrected chi connectivity index (χ2v) is 20.9. The monoisotopic (exact) mass is 429 g/mol. The second kappa shape index (κ2) is 8.52. The Morgan fingerprint density at radius 3 is 1.70 bits per heavy atom. The third-order valence-electron chi connectivity index (χ3n) is 5.72. The molecule has 0 aliphatic carbocycles. The van der Waals surface area contributed by atoms with Gasteiger partial charge in [0.15, 0.2) is 0 Å². The van der Waals surface area contributed by atoms with Crippen molar-refractivity contribution in [3.05, 3.63) is 29.6 Å². The van der Waals surface area contributed by atoms with E-state index >= 15 is 0 Å². The molecule has 0 fully saturated rings. The largest absolute Gasteiger partial charge is 0.260 e. The van der Waals surface area contributed by atoms with Crippen molar-refractivity contribution in [1.29, 1.82) is 0 Å². The average molecular weight is 430 g/mol. The summed E-state index contributed by atoms with van der Waals surface area (Å²) in [5, 5.41) is 0. The normalized spacial score (nSPS) is 15.1. The minimum atomic E-state index is -0.780. The Morgan fingerprint density at radius 2 is 1.33 bits per heavy atom.